The van der Waals surface area contributed by atoms with Crippen molar-refractivity contribution in [2.24, 2.45) is 0 Å². The molecule has 0 aliphatic carbocycles. The van der Waals surface area contributed by atoms with E-state index in [-0.39, 0.29) is 28.5 Å². The van der Waals surface area contributed by atoms with Crippen LogP contribution >= 0.6 is 0 Å². The van der Waals surface area contributed by atoms with Crippen LogP contribution in [0.4, 0.5) is 28.4 Å². The van der Waals surface area contributed by atoms with Gasteiger partial charge in [0, 0.05) is 39.5 Å². The fourth-order valence-corrected chi connectivity index (χ4v) is 9.24. The molecule has 286 valence electrons. The zero-order valence-corrected chi connectivity index (χ0v) is 35.6. The average molecular weight is 749 g/mol. The molecule has 0 saturated heterocycles. The van der Waals surface area contributed by atoms with Crippen molar-refractivity contribution in [3.63, 3.8) is 0 Å². The summed E-state index contributed by atoms with van der Waals surface area (Å²) >= 11 is 0. The van der Waals surface area contributed by atoms with Crippen LogP contribution in [-0.2, 0) is 21.7 Å². The van der Waals surface area contributed by atoms with Gasteiger partial charge in [0.05, 0.1) is 11.4 Å². The Kier molecular flexibility index (Phi) is 7.31. The van der Waals surface area contributed by atoms with E-state index in [9.17, 15) is 0 Å². The number of hydrogen-bond donors (Lipinski definition) is 0. The standard InChI is InChI=1S/C52H53BN2O2/c1-49(2,3)30-17-20-34(21-18-30)54-41-29-44-36(35-15-13-14-16-43(35)56-44)28-39(41)53-47-37(23-32(25-42(47)54)51(7,8)9)38-24-33(52(10,11)12)27-46-48(38)55(53)40-22-19-31(50(4,5)6)26-45(40)57-46/h13-29H,1-12H3. The summed E-state index contributed by atoms with van der Waals surface area (Å²) in [7, 11) is 0. The number of anilines is 5. The maximum absolute atomic E-state index is 7.11. The minimum atomic E-state index is -0.128. The van der Waals surface area contributed by atoms with Gasteiger partial charge < -0.3 is 18.9 Å². The van der Waals surface area contributed by atoms with Gasteiger partial charge in [-0.1, -0.05) is 132 Å². The Bertz CT molecular complexity index is 2820. The van der Waals surface area contributed by atoms with Crippen molar-refractivity contribution in [1.29, 1.82) is 0 Å². The first-order valence-electron chi connectivity index (χ1n) is 20.6. The quantitative estimate of drug-likeness (QED) is 0.156. The Labute approximate surface area is 338 Å². The number of furan rings is 1. The van der Waals surface area contributed by atoms with Crippen LogP contribution in [0.3, 0.4) is 0 Å². The number of benzene rings is 6. The van der Waals surface area contributed by atoms with Crippen molar-refractivity contribution >= 4 is 68.1 Å². The largest absolute Gasteiger partial charge is 0.456 e. The van der Waals surface area contributed by atoms with Gasteiger partial charge in [-0.2, -0.15) is 0 Å². The van der Waals surface area contributed by atoms with Gasteiger partial charge in [0.2, 0.25) is 0 Å². The Morgan fingerprint density at radius 3 is 1.77 bits per heavy atom. The van der Waals surface area contributed by atoms with Crippen LogP contribution in [0.2, 0.25) is 0 Å². The molecule has 0 radical (unpaired) electrons. The van der Waals surface area contributed by atoms with Gasteiger partial charge in [-0.15, -0.1) is 0 Å². The summed E-state index contributed by atoms with van der Waals surface area (Å²) in [5, 5.41) is 2.27. The fraction of sp³-hybridized carbons (Fsp3) is 0.308. The molecule has 0 bridgehead atoms. The topological polar surface area (TPSA) is 28.9 Å². The second-order valence-electron chi connectivity index (χ2n) is 20.8. The Morgan fingerprint density at radius 1 is 0.474 bits per heavy atom. The summed E-state index contributed by atoms with van der Waals surface area (Å²) in [6.07, 6.45) is 0. The molecule has 3 aliphatic heterocycles. The second-order valence-corrected chi connectivity index (χ2v) is 20.8. The Morgan fingerprint density at radius 2 is 1.09 bits per heavy atom. The molecular formula is C52H53BN2O2. The highest BCUT2D eigenvalue weighted by Gasteiger charge is 2.49. The van der Waals surface area contributed by atoms with Crippen LogP contribution in [0.15, 0.2) is 108 Å². The molecular weight excluding hydrogens is 695 g/mol. The summed E-state index contributed by atoms with van der Waals surface area (Å²) < 4.78 is 13.8. The van der Waals surface area contributed by atoms with Crippen molar-refractivity contribution in [3.05, 3.63) is 125 Å². The highest BCUT2D eigenvalue weighted by molar-refractivity contribution is 6.94. The Balaban J connectivity index is 1.36. The van der Waals surface area contributed by atoms with Crippen molar-refractivity contribution in [1.82, 2.24) is 0 Å². The molecule has 0 spiro atoms. The third kappa shape index (κ3) is 5.41. The number of rotatable bonds is 1. The third-order valence-corrected chi connectivity index (χ3v) is 12.6. The molecule has 57 heavy (non-hydrogen) atoms. The number of ether oxygens (including phenoxy) is 1. The van der Waals surface area contributed by atoms with Crippen LogP contribution in [0, 0.1) is 0 Å². The Hall–Kier alpha value is -5.42. The van der Waals surface area contributed by atoms with Crippen molar-refractivity contribution in [3.8, 4) is 22.6 Å². The molecule has 0 N–H and O–H groups in total. The molecule has 4 nitrogen and oxygen atoms in total. The summed E-state index contributed by atoms with van der Waals surface area (Å²) in [4.78, 5) is 5.13. The minimum Gasteiger partial charge on any atom is -0.456 e. The summed E-state index contributed by atoms with van der Waals surface area (Å²) in [5.41, 5.74) is 17.5. The predicted octanol–water partition coefficient (Wildman–Crippen LogP) is 13.6. The van der Waals surface area contributed by atoms with Gasteiger partial charge in [0.15, 0.2) is 5.75 Å². The van der Waals surface area contributed by atoms with E-state index in [2.05, 4.69) is 196 Å². The zero-order valence-electron chi connectivity index (χ0n) is 35.6. The number of hydrogen-bond acceptors (Lipinski definition) is 4. The second kappa shape index (κ2) is 11.6. The molecule has 5 heteroatoms. The lowest BCUT2D eigenvalue weighted by atomic mass is 9.43. The van der Waals surface area contributed by atoms with Gasteiger partial charge >= 0.3 is 6.85 Å². The molecule has 1 aromatic heterocycles. The van der Waals surface area contributed by atoms with Gasteiger partial charge in [-0.3, -0.25) is 0 Å². The molecule has 10 rings (SSSR count). The van der Waals surface area contributed by atoms with E-state index in [1.165, 1.54) is 50.0 Å². The normalized spacial score (nSPS) is 14.7. The van der Waals surface area contributed by atoms with E-state index in [1.807, 2.05) is 0 Å². The van der Waals surface area contributed by atoms with E-state index >= 15 is 0 Å². The van der Waals surface area contributed by atoms with Crippen LogP contribution in [0.5, 0.6) is 11.5 Å². The first kappa shape index (κ1) is 36.0. The monoisotopic (exact) mass is 748 g/mol. The van der Waals surface area contributed by atoms with Crippen molar-refractivity contribution in [2.45, 2.75) is 105 Å². The molecule has 0 unspecified atom stereocenters. The first-order valence-corrected chi connectivity index (χ1v) is 20.6. The summed E-state index contributed by atoms with van der Waals surface area (Å²) in [5.74, 6) is 1.82. The predicted molar refractivity (Wildman–Crippen MR) is 242 cm³/mol. The molecule has 0 amide bonds. The maximum Gasteiger partial charge on any atom is 0.333 e. The lowest BCUT2D eigenvalue weighted by Crippen LogP contribution is -2.62. The van der Waals surface area contributed by atoms with E-state index < -0.39 is 0 Å². The first-order chi connectivity index (χ1) is 26.8. The molecule has 0 atom stereocenters. The highest BCUT2D eigenvalue weighted by Crippen LogP contribution is 2.57. The van der Waals surface area contributed by atoms with Crippen molar-refractivity contribution < 1.29 is 9.15 Å². The van der Waals surface area contributed by atoms with E-state index in [0.717, 1.165) is 56.2 Å². The summed E-state index contributed by atoms with van der Waals surface area (Å²) in [6, 6.07) is 39.0. The van der Waals surface area contributed by atoms with Crippen LogP contribution in [0.1, 0.15) is 105 Å². The van der Waals surface area contributed by atoms with E-state index in [4.69, 9.17) is 9.15 Å². The molecule has 0 saturated carbocycles. The van der Waals surface area contributed by atoms with E-state index in [1.54, 1.807) is 0 Å². The van der Waals surface area contributed by atoms with Gasteiger partial charge in [-0.25, -0.2) is 0 Å². The maximum atomic E-state index is 7.11. The minimum absolute atomic E-state index is 0.0312. The molecule has 0 fully saturated rings. The molecule has 6 aromatic carbocycles. The summed E-state index contributed by atoms with van der Waals surface area (Å²) in [6.45, 7) is 27.5. The molecule has 3 aliphatic rings. The average Bonchev–Trinajstić information content (AvgIpc) is 3.50. The fourth-order valence-electron chi connectivity index (χ4n) is 9.24. The SMILES string of the molecule is CC(C)(C)c1ccc(N2c3cc4oc5ccccc5c4cc3B3c4c(cc(C(C)(C)C)cc42)-c2cc(C(C)(C)C)cc4c2N3c2ccc(C(C)(C)C)cc2O4)cc1. The van der Waals surface area contributed by atoms with Gasteiger partial charge in [-0.05, 0) is 109 Å². The third-order valence-electron chi connectivity index (χ3n) is 12.6. The highest BCUT2D eigenvalue weighted by atomic mass is 16.5. The molecule has 4 heterocycles. The van der Waals surface area contributed by atoms with E-state index in [0.29, 0.717) is 0 Å². The van der Waals surface area contributed by atoms with Crippen LogP contribution in [0.25, 0.3) is 33.1 Å². The lowest BCUT2D eigenvalue weighted by molar-refractivity contribution is 0.470. The smallest absolute Gasteiger partial charge is 0.333 e. The number of para-hydroxylation sites is 1. The number of fused-ring (bicyclic) bond motifs is 9. The number of nitrogens with zero attached hydrogens (tertiary/aromatic N) is 2. The lowest BCUT2D eigenvalue weighted by Gasteiger charge is -2.48. The zero-order chi connectivity index (χ0) is 40.1. The molecule has 7 aromatic rings. The van der Waals surface area contributed by atoms with Crippen LogP contribution < -0.4 is 25.4 Å². The van der Waals surface area contributed by atoms with Gasteiger partial charge in [0.25, 0.3) is 0 Å². The van der Waals surface area contributed by atoms with Crippen LogP contribution in [-0.4, -0.2) is 6.85 Å². The van der Waals surface area contributed by atoms with Gasteiger partial charge in [0.1, 0.15) is 16.9 Å². The van der Waals surface area contributed by atoms with Crippen molar-refractivity contribution in [2.75, 3.05) is 9.71 Å².